The van der Waals surface area contributed by atoms with Crippen LogP contribution in [0.5, 0.6) is 0 Å². The summed E-state index contributed by atoms with van der Waals surface area (Å²) in [6.07, 6.45) is 10.1. The molecule has 68 heavy (non-hydrogen) atoms. The van der Waals surface area contributed by atoms with Crippen molar-refractivity contribution in [1.29, 1.82) is 0 Å². The lowest BCUT2D eigenvalue weighted by Gasteiger charge is -2.47. The molecule has 400 valence electrons. The minimum absolute atomic E-state index is 0.0345. The lowest BCUT2D eigenvalue weighted by Crippen LogP contribution is -2.67. The van der Waals surface area contributed by atoms with Crippen LogP contribution in [0.1, 0.15) is 194 Å². The van der Waals surface area contributed by atoms with Gasteiger partial charge in [-0.3, -0.25) is 18.6 Å². The van der Waals surface area contributed by atoms with Crippen LogP contribution in [-0.4, -0.2) is 151 Å². The van der Waals surface area contributed by atoms with E-state index in [2.05, 4.69) is 26.0 Å². The Labute approximate surface area is 405 Å². The SMILES string of the molecule is CCCCCCCCC=CCCCCCC(=O)OCC(COP(=O)(O)OC1C(O)C(O)C(O)C(O)C1OC1OC(CO)C(O)C(O)C1O)OC(=O)CCCCCCCCCCCCCCCCC. The zero-order valence-corrected chi connectivity index (χ0v) is 42.0. The highest BCUT2D eigenvalue weighted by Gasteiger charge is 2.55. The first kappa shape index (κ1) is 62.5. The van der Waals surface area contributed by atoms with Crippen molar-refractivity contribution >= 4 is 19.8 Å². The number of unbranched alkanes of at least 4 members (excludes halogenated alkanes) is 23. The van der Waals surface area contributed by atoms with Gasteiger partial charge in [0, 0.05) is 12.8 Å². The summed E-state index contributed by atoms with van der Waals surface area (Å²) in [5.41, 5.74) is 0. The number of esters is 2. The van der Waals surface area contributed by atoms with Crippen LogP contribution in [-0.2, 0) is 42.1 Å². The molecule has 1 aliphatic heterocycles. The van der Waals surface area contributed by atoms with Crippen LogP contribution in [0.4, 0.5) is 0 Å². The molecule has 2 fully saturated rings. The number of carbonyl (C=O) groups is 2. The lowest BCUT2D eigenvalue weighted by molar-refractivity contribution is -0.338. The molecule has 0 radical (unpaired) electrons. The number of aliphatic hydroxyl groups is 8. The van der Waals surface area contributed by atoms with Crippen molar-refractivity contribution in [3.05, 3.63) is 12.2 Å². The summed E-state index contributed by atoms with van der Waals surface area (Å²) in [5.74, 6) is -1.23. The van der Waals surface area contributed by atoms with Crippen LogP contribution in [0.15, 0.2) is 12.2 Å². The first-order chi connectivity index (χ1) is 32.7. The molecular weight excluding hydrogens is 907 g/mol. The Morgan fingerprint density at radius 2 is 0.971 bits per heavy atom. The average molecular weight is 999 g/mol. The highest BCUT2D eigenvalue weighted by atomic mass is 31.2. The molecule has 1 saturated heterocycles. The second-order valence-electron chi connectivity index (χ2n) is 18.7. The quantitative estimate of drug-likeness (QED) is 0.0145. The third-order valence-corrected chi connectivity index (χ3v) is 13.7. The highest BCUT2D eigenvalue weighted by molar-refractivity contribution is 7.47. The zero-order chi connectivity index (χ0) is 50.2. The molecule has 0 spiro atoms. The second-order valence-corrected chi connectivity index (χ2v) is 20.1. The molecule has 0 aromatic heterocycles. The van der Waals surface area contributed by atoms with E-state index >= 15 is 0 Å². The molecule has 1 saturated carbocycles. The maximum atomic E-state index is 13.4. The Morgan fingerprint density at radius 1 is 0.544 bits per heavy atom. The van der Waals surface area contributed by atoms with Gasteiger partial charge in [0.2, 0.25) is 0 Å². The van der Waals surface area contributed by atoms with Gasteiger partial charge in [-0.15, -0.1) is 0 Å². The first-order valence-corrected chi connectivity index (χ1v) is 27.5. The fourth-order valence-electron chi connectivity index (χ4n) is 8.40. The monoisotopic (exact) mass is 999 g/mol. The maximum Gasteiger partial charge on any atom is 0.472 e. The van der Waals surface area contributed by atoms with Gasteiger partial charge in [-0.2, -0.15) is 0 Å². The number of hydrogen-bond donors (Lipinski definition) is 9. The Hall–Kier alpha value is -1.61. The van der Waals surface area contributed by atoms with E-state index in [9.17, 15) is 59.9 Å². The summed E-state index contributed by atoms with van der Waals surface area (Å²) in [7, 11) is -5.37. The molecule has 1 heterocycles. The van der Waals surface area contributed by atoms with Crippen molar-refractivity contribution in [2.24, 2.45) is 0 Å². The molecule has 2 aliphatic rings. The summed E-state index contributed by atoms with van der Waals surface area (Å²) in [6, 6.07) is 0. The minimum Gasteiger partial charge on any atom is -0.462 e. The molecule has 19 heteroatoms. The van der Waals surface area contributed by atoms with Gasteiger partial charge in [-0.25, -0.2) is 4.57 Å². The number of hydrogen-bond acceptors (Lipinski definition) is 17. The van der Waals surface area contributed by atoms with Crippen LogP contribution < -0.4 is 0 Å². The third kappa shape index (κ3) is 25.7. The van der Waals surface area contributed by atoms with E-state index in [1.807, 2.05) is 0 Å². The van der Waals surface area contributed by atoms with Crippen LogP contribution in [0.25, 0.3) is 0 Å². The zero-order valence-electron chi connectivity index (χ0n) is 41.1. The summed E-state index contributed by atoms with van der Waals surface area (Å²) in [4.78, 5) is 36.5. The fourth-order valence-corrected chi connectivity index (χ4v) is 9.37. The van der Waals surface area contributed by atoms with E-state index in [1.165, 1.54) is 103 Å². The molecule has 0 aromatic rings. The van der Waals surface area contributed by atoms with E-state index in [4.69, 9.17) is 28.0 Å². The van der Waals surface area contributed by atoms with Gasteiger partial charge in [0.25, 0.3) is 0 Å². The van der Waals surface area contributed by atoms with Gasteiger partial charge in [-0.05, 0) is 38.5 Å². The Bertz CT molecular complexity index is 1370. The van der Waals surface area contributed by atoms with Crippen molar-refractivity contribution in [2.45, 2.75) is 267 Å². The number of phosphoric ester groups is 1. The van der Waals surface area contributed by atoms with Crippen molar-refractivity contribution in [2.75, 3.05) is 19.8 Å². The van der Waals surface area contributed by atoms with Gasteiger partial charge in [0.1, 0.15) is 67.6 Å². The largest absolute Gasteiger partial charge is 0.472 e. The van der Waals surface area contributed by atoms with E-state index in [0.717, 1.165) is 51.4 Å². The third-order valence-electron chi connectivity index (χ3n) is 12.7. The molecular formula is C49H91O18P. The average Bonchev–Trinajstić information content (AvgIpc) is 3.32. The fraction of sp³-hybridized carbons (Fsp3) is 0.918. The second kappa shape index (κ2) is 37.2. The Kier molecular flexibility index (Phi) is 34.2. The van der Waals surface area contributed by atoms with Gasteiger partial charge >= 0.3 is 19.8 Å². The standard InChI is InChI=1S/C49H91O18P/c1-3-5-7-9-11-13-15-17-18-20-22-24-26-28-30-32-39(52)64-36(34-62-38(51)31-29-27-25-23-21-19-16-14-12-10-8-6-4-2)35-63-68(60,61)67-48-45(58)43(56)42(55)44(57)47(48)66-49-46(59)41(54)40(53)37(33-50)65-49/h19,21,36-37,40-50,53-59H,3-18,20,22-35H2,1-2H3,(H,60,61). The lowest BCUT2D eigenvalue weighted by atomic mass is 9.84. The van der Waals surface area contributed by atoms with E-state index in [-0.39, 0.29) is 12.8 Å². The summed E-state index contributed by atoms with van der Waals surface area (Å²) in [5, 5.41) is 82.9. The van der Waals surface area contributed by atoms with Crippen LogP contribution in [0.3, 0.4) is 0 Å². The number of rotatable bonds is 40. The Morgan fingerprint density at radius 3 is 1.47 bits per heavy atom. The van der Waals surface area contributed by atoms with Crippen molar-refractivity contribution in [1.82, 2.24) is 0 Å². The van der Waals surface area contributed by atoms with Crippen LogP contribution in [0, 0.1) is 0 Å². The summed E-state index contributed by atoms with van der Waals surface area (Å²) in [6.45, 7) is 2.22. The molecule has 0 bridgehead atoms. The topological polar surface area (TPSA) is 289 Å². The minimum atomic E-state index is -5.37. The summed E-state index contributed by atoms with van der Waals surface area (Å²) < 4.78 is 45.5. The molecule has 0 amide bonds. The van der Waals surface area contributed by atoms with E-state index in [1.54, 1.807) is 0 Å². The number of ether oxygens (including phenoxy) is 4. The molecule has 13 atom stereocenters. The molecule has 18 nitrogen and oxygen atoms in total. The molecule has 1 aliphatic carbocycles. The predicted molar refractivity (Wildman–Crippen MR) is 254 cm³/mol. The number of phosphoric acid groups is 1. The van der Waals surface area contributed by atoms with Gasteiger partial charge in [0.05, 0.1) is 13.2 Å². The van der Waals surface area contributed by atoms with Crippen molar-refractivity contribution in [3.8, 4) is 0 Å². The first-order valence-electron chi connectivity index (χ1n) is 26.0. The Balaban J connectivity index is 1.94. The molecule has 13 unspecified atom stereocenters. The van der Waals surface area contributed by atoms with Gasteiger partial charge in [-0.1, -0.05) is 154 Å². The molecule has 2 rings (SSSR count). The number of allylic oxidation sites excluding steroid dienone is 2. The normalized spacial score (nSPS) is 27.8. The van der Waals surface area contributed by atoms with Crippen LogP contribution in [0.2, 0.25) is 0 Å². The number of carbonyl (C=O) groups excluding carboxylic acids is 2. The van der Waals surface area contributed by atoms with E-state index in [0.29, 0.717) is 12.8 Å². The smallest absolute Gasteiger partial charge is 0.462 e. The molecule has 9 N–H and O–H groups in total. The van der Waals surface area contributed by atoms with Crippen molar-refractivity contribution < 1.29 is 87.9 Å². The highest BCUT2D eigenvalue weighted by Crippen LogP contribution is 2.48. The van der Waals surface area contributed by atoms with Crippen molar-refractivity contribution in [3.63, 3.8) is 0 Å². The predicted octanol–water partition coefficient (Wildman–Crippen LogP) is 6.10. The van der Waals surface area contributed by atoms with Gasteiger partial charge < -0.3 is 64.7 Å². The van der Waals surface area contributed by atoms with Crippen LogP contribution >= 0.6 is 7.82 Å². The molecule has 0 aromatic carbocycles. The number of aliphatic hydroxyl groups excluding tert-OH is 8. The summed E-state index contributed by atoms with van der Waals surface area (Å²) >= 11 is 0. The maximum absolute atomic E-state index is 13.4. The van der Waals surface area contributed by atoms with Gasteiger partial charge in [0.15, 0.2) is 12.4 Å². The van der Waals surface area contributed by atoms with E-state index < -0.39 is 113 Å².